The summed E-state index contributed by atoms with van der Waals surface area (Å²) in [6.45, 7) is 4.14. The fourth-order valence-corrected chi connectivity index (χ4v) is 6.46. The molecule has 10 heteroatoms. The number of carbonyl (C=O) groups excluding carboxylic acids is 2. The van der Waals surface area contributed by atoms with Gasteiger partial charge in [0.25, 0.3) is 0 Å². The Kier molecular flexibility index (Phi) is 35.1. The molecule has 0 heterocycles. The highest BCUT2D eigenvalue weighted by Crippen LogP contribution is 2.43. The van der Waals surface area contributed by atoms with Crippen LogP contribution in [-0.2, 0) is 32.7 Å². The highest BCUT2D eigenvalue weighted by molar-refractivity contribution is 7.47. The summed E-state index contributed by atoms with van der Waals surface area (Å²) >= 11 is 0. The first-order valence-corrected chi connectivity index (χ1v) is 21.5. The molecule has 0 aliphatic carbocycles. The largest absolute Gasteiger partial charge is 0.472 e. The molecule has 48 heavy (non-hydrogen) atoms. The van der Waals surface area contributed by atoms with Crippen LogP contribution < -0.4 is 5.73 Å². The average molecular weight is 706 g/mol. The molecule has 0 spiro atoms. The van der Waals surface area contributed by atoms with E-state index in [1.54, 1.807) is 0 Å². The van der Waals surface area contributed by atoms with Gasteiger partial charge in [-0.2, -0.15) is 0 Å². The third kappa shape index (κ3) is 34.9. The van der Waals surface area contributed by atoms with Crippen LogP contribution in [0.1, 0.15) is 200 Å². The van der Waals surface area contributed by atoms with Gasteiger partial charge < -0.3 is 20.1 Å². The highest BCUT2D eigenvalue weighted by atomic mass is 31.2. The molecule has 0 aromatic carbocycles. The topological polar surface area (TPSA) is 134 Å². The molecule has 0 aliphatic heterocycles. The van der Waals surface area contributed by atoms with Crippen LogP contribution in [0, 0.1) is 0 Å². The van der Waals surface area contributed by atoms with Gasteiger partial charge >= 0.3 is 19.8 Å². The lowest BCUT2D eigenvalue weighted by atomic mass is 10.0. The van der Waals surface area contributed by atoms with Gasteiger partial charge in [0, 0.05) is 12.8 Å². The van der Waals surface area contributed by atoms with E-state index >= 15 is 0 Å². The number of carbonyl (C=O) groups is 2. The van der Waals surface area contributed by atoms with E-state index in [4.69, 9.17) is 24.3 Å². The van der Waals surface area contributed by atoms with E-state index in [2.05, 4.69) is 13.8 Å². The normalized spacial score (nSPS) is 13.3. The maximum absolute atomic E-state index is 12.5. The number of rotatable bonds is 38. The summed E-state index contributed by atoms with van der Waals surface area (Å²) in [5, 5.41) is 0. The Balaban J connectivity index is 4.24. The van der Waals surface area contributed by atoms with Crippen molar-refractivity contribution in [1.29, 1.82) is 0 Å². The van der Waals surface area contributed by atoms with Crippen molar-refractivity contribution < 1.29 is 37.6 Å². The van der Waals surface area contributed by atoms with Crippen molar-refractivity contribution in [2.24, 2.45) is 5.73 Å². The Morgan fingerprint density at radius 3 is 1.31 bits per heavy atom. The predicted molar refractivity (Wildman–Crippen MR) is 197 cm³/mol. The third-order valence-corrected chi connectivity index (χ3v) is 9.71. The fraction of sp³-hybridized carbons (Fsp3) is 0.947. The summed E-state index contributed by atoms with van der Waals surface area (Å²) < 4.78 is 33.0. The van der Waals surface area contributed by atoms with E-state index in [1.165, 1.54) is 128 Å². The molecule has 0 bridgehead atoms. The number of unbranched alkanes of at least 4 members (excludes halogenated alkanes) is 24. The number of hydrogen-bond acceptors (Lipinski definition) is 8. The first-order valence-electron chi connectivity index (χ1n) is 20.0. The molecule has 0 saturated heterocycles. The van der Waals surface area contributed by atoms with Gasteiger partial charge in [-0.25, -0.2) is 4.57 Å². The molecule has 286 valence electrons. The molecule has 0 amide bonds. The maximum Gasteiger partial charge on any atom is 0.472 e. The summed E-state index contributed by atoms with van der Waals surface area (Å²) in [4.78, 5) is 34.9. The zero-order chi connectivity index (χ0) is 35.4. The molecule has 0 aromatic heterocycles. The van der Waals surface area contributed by atoms with Crippen molar-refractivity contribution in [3.05, 3.63) is 0 Å². The maximum atomic E-state index is 12.5. The lowest BCUT2D eigenvalue weighted by molar-refractivity contribution is -0.161. The minimum atomic E-state index is -4.35. The lowest BCUT2D eigenvalue weighted by Gasteiger charge is -2.20. The van der Waals surface area contributed by atoms with Crippen LogP contribution in [-0.4, -0.2) is 49.3 Å². The first kappa shape index (κ1) is 47.0. The van der Waals surface area contributed by atoms with Gasteiger partial charge in [0.1, 0.15) is 6.61 Å². The van der Waals surface area contributed by atoms with Gasteiger partial charge in [-0.15, -0.1) is 0 Å². The van der Waals surface area contributed by atoms with E-state index < -0.39 is 26.5 Å². The van der Waals surface area contributed by atoms with Gasteiger partial charge in [-0.05, 0) is 25.8 Å². The Bertz CT molecular complexity index is 769. The molecular formula is C38H76NO8P. The van der Waals surface area contributed by atoms with E-state index in [0.29, 0.717) is 25.8 Å². The standard InChI is InChI=1S/C38H76NO8P/c1-3-5-7-9-11-13-15-17-19-21-23-25-27-30-37(40)44-34-36(35-46-48(42,43)45-33-29-32-39)47-38(41)31-28-26-24-22-20-18-16-14-12-10-8-6-4-2/h36H,3-35,39H2,1-2H3,(H,42,43)/t36-/m0/s1. The van der Waals surface area contributed by atoms with Crippen LogP contribution in [0.2, 0.25) is 0 Å². The molecule has 0 fully saturated rings. The highest BCUT2D eigenvalue weighted by Gasteiger charge is 2.26. The molecule has 3 N–H and O–H groups in total. The number of phosphoric acid groups is 1. The summed E-state index contributed by atoms with van der Waals surface area (Å²) in [6, 6.07) is 0. The minimum absolute atomic E-state index is 0.0259. The number of hydrogen-bond donors (Lipinski definition) is 2. The van der Waals surface area contributed by atoms with Crippen molar-refractivity contribution >= 4 is 19.8 Å². The minimum Gasteiger partial charge on any atom is -0.462 e. The Morgan fingerprint density at radius 1 is 0.542 bits per heavy atom. The van der Waals surface area contributed by atoms with Crippen LogP contribution in [0.3, 0.4) is 0 Å². The number of nitrogens with two attached hydrogens (primary N) is 1. The van der Waals surface area contributed by atoms with Crippen molar-refractivity contribution in [2.75, 3.05) is 26.4 Å². The summed E-state index contributed by atoms with van der Waals surface area (Å²) in [5.74, 6) is -0.807. The molecule has 0 rings (SSSR count). The van der Waals surface area contributed by atoms with Gasteiger partial charge in [-0.3, -0.25) is 18.6 Å². The molecule has 0 aliphatic rings. The van der Waals surface area contributed by atoms with Gasteiger partial charge in [0.15, 0.2) is 6.10 Å². The molecule has 0 aromatic rings. The Morgan fingerprint density at radius 2 is 0.917 bits per heavy atom. The van der Waals surface area contributed by atoms with Crippen LogP contribution in [0.15, 0.2) is 0 Å². The summed E-state index contributed by atoms with van der Waals surface area (Å²) in [7, 11) is -4.35. The van der Waals surface area contributed by atoms with Crippen LogP contribution in [0.25, 0.3) is 0 Å². The van der Waals surface area contributed by atoms with E-state index in [-0.39, 0.29) is 25.6 Å². The van der Waals surface area contributed by atoms with Crippen molar-refractivity contribution in [1.82, 2.24) is 0 Å². The smallest absolute Gasteiger partial charge is 0.462 e. The Hall–Kier alpha value is -0.990. The van der Waals surface area contributed by atoms with Crippen LogP contribution in [0.5, 0.6) is 0 Å². The van der Waals surface area contributed by atoms with Crippen LogP contribution in [0.4, 0.5) is 0 Å². The van der Waals surface area contributed by atoms with Crippen molar-refractivity contribution in [3.63, 3.8) is 0 Å². The third-order valence-electron chi connectivity index (χ3n) is 8.72. The van der Waals surface area contributed by atoms with Gasteiger partial charge in [-0.1, -0.05) is 168 Å². The fourth-order valence-electron chi connectivity index (χ4n) is 5.67. The van der Waals surface area contributed by atoms with Crippen LogP contribution >= 0.6 is 7.82 Å². The number of ether oxygens (including phenoxy) is 2. The van der Waals surface area contributed by atoms with Crippen molar-refractivity contribution in [3.8, 4) is 0 Å². The van der Waals surface area contributed by atoms with E-state index in [0.717, 1.165) is 32.1 Å². The van der Waals surface area contributed by atoms with Crippen molar-refractivity contribution in [2.45, 2.75) is 206 Å². The molecule has 0 radical (unpaired) electrons. The molecule has 2 atom stereocenters. The zero-order valence-corrected chi connectivity index (χ0v) is 32.1. The molecule has 1 unspecified atom stereocenters. The van der Waals surface area contributed by atoms with Gasteiger partial charge in [0.2, 0.25) is 0 Å². The first-order chi connectivity index (χ1) is 23.3. The number of phosphoric ester groups is 1. The monoisotopic (exact) mass is 706 g/mol. The lowest BCUT2D eigenvalue weighted by Crippen LogP contribution is -2.29. The second kappa shape index (κ2) is 35.8. The second-order valence-corrected chi connectivity index (χ2v) is 15.0. The average Bonchev–Trinajstić information content (AvgIpc) is 3.06. The zero-order valence-electron chi connectivity index (χ0n) is 31.2. The quantitative estimate of drug-likeness (QED) is 0.0365. The molecular weight excluding hydrogens is 629 g/mol. The van der Waals surface area contributed by atoms with Gasteiger partial charge in [0.05, 0.1) is 13.2 Å². The Labute approximate surface area is 295 Å². The second-order valence-electron chi connectivity index (χ2n) is 13.5. The SMILES string of the molecule is CCCCCCCCCCCCCCCC(=O)OC[C@@H](COP(=O)(O)OCCCN)OC(=O)CCCCCCCCCCCCCCC. The summed E-state index contributed by atoms with van der Waals surface area (Å²) in [6.07, 6.45) is 31.7. The van der Waals surface area contributed by atoms with E-state index in [1.807, 2.05) is 0 Å². The summed E-state index contributed by atoms with van der Waals surface area (Å²) in [5.41, 5.74) is 5.41. The molecule has 9 nitrogen and oxygen atoms in total. The number of esters is 2. The van der Waals surface area contributed by atoms with E-state index in [9.17, 15) is 19.0 Å². The molecule has 0 saturated carbocycles. The predicted octanol–water partition coefficient (Wildman–Crippen LogP) is 10.9.